The average molecular weight is 412 g/mol. The lowest BCUT2D eigenvalue weighted by Gasteiger charge is -2.15. The molecule has 0 saturated carbocycles. The number of benzene rings is 2. The van der Waals surface area contributed by atoms with E-state index < -0.39 is 34.6 Å². The number of nitro benzene ring substituents is 1. The molecule has 0 spiro atoms. The van der Waals surface area contributed by atoms with Crippen molar-refractivity contribution in [1.29, 1.82) is 0 Å². The minimum absolute atomic E-state index is 0.00825. The van der Waals surface area contributed by atoms with Gasteiger partial charge < -0.3 is 14.8 Å². The minimum atomic E-state index is -4.59. The van der Waals surface area contributed by atoms with Crippen molar-refractivity contribution in [2.45, 2.75) is 19.2 Å². The van der Waals surface area contributed by atoms with E-state index in [0.29, 0.717) is 0 Å². The molecule has 0 saturated heterocycles. The lowest BCUT2D eigenvalue weighted by atomic mass is 10.1. The number of methoxy groups -OCH3 is 1. The number of anilines is 1. The van der Waals surface area contributed by atoms with Crippen molar-refractivity contribution in [2.24, 2.45) is 0 Å². The van der Waals surface area contributed by atoms with Gasteiger partial charge in [0.2, 0.25) is 0 Å². The molecule has 0 aliphatic carbocycles. The summed E-state index contributed by atoms with van der Waals surface area (Å²) in [5, 5.41) is 13.1. The first-order valence-electron chi connectivity index (χ1n) is 8.04. The molecule has 0 fully saturated rings. The van der Waals surface area contributed by atoms with Gasteiger partial charge in [0.1, 0.15) is 11.3 Å². The zero-order valence-corrected chi connectivity index (χ0v) is 15.1. The molecule has 0 heterocycles. The second-order valence-electron chi connectivity index (χ2n) is 5.76. The zero-order chi connectivity index (χ0) is 21.8. The molecule has 1 N–H and O–H groups in total. The van der Waals surface area contributed by atoms with Gasteiger partial charge in [-0.25, -0.2) is 4.79 Å². The monoisotopic (exact) mass is 412 g/mol. The fourth-order valence-electron chi connectivity index (χ4n) is 2.26. The van der Waals surface area contributed by atoms with Crippen LogP contribution in [0.2, 0.25) is 0 Å². The number of carbonyl (C=O) groups is 2. The van der Waals surface area contributed by atoms with Gasteiger partial charge in [-0.1, -0.05) is 6.07 Å². The van der Waals surface area contributed by atoms with E-state index in [-0.39, 0.29) is 22.7 Å². The molecular weight excluding hydrogens is 397 g/mol. The summed E-state index contributed by atoms with van der Waals surface area (Å²) in [6.07, 6.45) is -5.99. The Morgan fingerprint density at radius 2 is 1.86 bits per heavy atom. The minimum Gasteiger partial charge on any atom is -0.496 e. The number of halogens is 3. The van der Waals surface area contributed by atoms with Crippen molar-refractivity contribution >= 4 is 23.3 Å². The molecule has 1 amide bonds. The van der Waals surface area contributed by atoms with Gasteiger partial charge in [-0.2, -0.15) is 13.2 Å². The first-order chi connectivity index (χ1) is 13.5. The second kappa shape index (κ2) is 8.59. The van der Waals surface area contributed by atoms with Gasteiger partial charge >= 0.3 is 12.1 Å². The van der Waals surface area contributed by atoms with Crippen LogP contribution in [0.4, 0.5) is 24.5 Å². The molecule has 0 unspecified atom stereocenters. The van der Waals surface area contributed by atoms with Crippen LogP contribution in [0.15, 0.2) is 42.5 Å². The number of nitro groups is 1. The highest BCUT2D eigenvalue weighted by Gasteiger charge is 2.31. The molecule has 154 valence electrons. The predicted molar refractivity (Wildman–Crippen MR) is 94.6 cm³/mol. The van der Waals surface area contributed by atoms with E-state index in [1.54, 1.807) is 0 Å². The standard InChI is InChI=1S/C18H15F3N2O6/c1-10(16(24)22-12-5-3-4-11(8-12)18(19,20)21)29-17(25)14-9-13(23(26)27)6-7-15(14)28-2/h3-10H,1-2H3,(H,22,24)/t10-/m1/s1. The summed E-state index contributed by atoms with van der Waals surface area (Å²) in [7, 11) is 1.24. The van der Waals surface area contributed by atoms with Crippen molar-refractivity contribution in [3.63, 3.8) is 0 Å². The molecule has 0 aliphatic rings. The second-order valence-corrected chi connectivity index (χ2v) is 5.76. The topological polar surface area (TPSA) is 108 Å². The number of rotatable bonds is 6. The fraction of sp³-hybridized carbons (Fsp3) is 0.222. The number of nitrogens with zero attached hydrogens (tertiary/aromatic N) is 1. The maximum absolute atomic E-state index is 12.7. The van der Waals surface area contributed by atoms with Crippen LogP contribution in [0.25, 0.3) is 0 Å². The number of non-ortho nitro benzene ring substituents is 1. The first-order valence-corrected chi connectivity index (χ1v) is 8.04. The van der Waals surface area contributed by atoms with Crippen molar-refractivity contribution in [3.8, 4) is 5.75 Å². The lowest BCUT2D eigenvalue weighted by Crippen LogP contribution is -2.30. The quantitative estimate of drug-likeness (QED) is 0.439. The summed E-state index contributed by atoms with van der Waals surface area (Å²) in [5.74, 6) is -1.97. The van der Waals surface area contributed by atoms with Crippen LogP contribution < -0.4 is 10.1 Å². The molecule has 0 aromatic heterocycles. The normalized spacial score (nSPS) is 12.0. The Bertz CT molecular complexity index is 945. The molecule has 1 atom stereocenters. The Hall–Kier alpha value is -3.63. The van der Waals surface area contributed by atoms with Crippen LogP contribution in [0.3, 0.4) is 0 Å². The van der Waals surface area contributed by atoms with Gasteiger partial charge in [0.25, 0.3) is 11.6 Å². The van der Waals surface area contributed by atoms with E-state index in [0.717, 1.165) is 30.3 Å². The number of hydrogen-bond donors (Lipinski definition) is 1. The highest BCUT2D eigenvalue weighted by molar-refractivity contribution is 5.98. The number of esters is 1. The van der Waals surface area contributed by atoms with Crippen LogP contribution in [-0.2, 0) is 15.7 Å². The first kappa shape index (κ1) is 21.7. The summed E-state index contributed by atoms with van der Waals surface area (Å²) in [5.41, 5.74) is -1.76. The molecule has 0 radical (unpaired) electrons. The maximum atomic E-state index is 12.7. The molecule has 2 aromatic rings. The average Bonchev–Trinajstić information content (AvgIpc) is 2.66. The van der Waals surface area contributed by atoms with Gasteiger partial charge in [-0.15, -0.1) is 0 Å². The summed E-state index contributed by atoms with van der Waals surface area (Å²) in [6, 6.07) is 7.18. The number of alkyl halides is 3. The van der Waals surface area contributed by atoms with Gasteiger partial charge in [0.05, 0.1) is 17.6 Å². The molecular formula is C18H15F3N2O6. The van der Waals surface area contributed by atoms with E-state index >= 15 is 0 Å². The van der Waals surface area contributed by atoms with E-state index in [9.17, 15) is 32.9 Å². The maximum Gasteiger partial charge on any atom is 0.416 e. The van der Waals surface area contributed by atoms with Crippen molar-refractivity contribution in [1.82, 2.24) is 0 Å². The summed E-state index contributed by atoms with van der Waals surface area (Å²) >= 11 is 0. The molecule has 2 rings (SSSR count). The third-order valence-electron chi connectivity index (χ3n) is 3.72. The predicted octanol–water partition coefficient (Wildman–Crippen LogP) is 3.81. The van der Waals surface area contributed by atoms with Crippen LogP contribution in [0.5, 0.6) is 5.75 Å². The number of ether oxygens (including phenoxy) is 2. The largest absolute Gasteiger partial charge is 0.496 e. The number of hydrogen-bond acceptors (Lipinski definition) is 6. The van der Waals surface area contributed by atoms with E-state index in [2.05, 4.69) is 5.32 Å². The number of carbonyl (C=O) groups excluding carboxylic acids is 2. The molecule has 29 heavy (non-hydrogen) atoms. The Labute approximate surface area is 162 Å². The summed E-state index contributed by atoms with van der Waals surface area (Å²) < 4.78 is 48.2. The van der Waals surface area contributed by atoms with Gasteiger partial charge in [-0.05, 0) is 31.2 Å². The Morgan fingerprint density at radius 1 is 1.17 bits per heavy atom. The summed E-state index contributed by atoms with van der Waals surface area (Å²) in [4.78, 5) is 34.6. The van der Waals surface area contributed by atoms with Crippen molar-refractivity contribution in [3.05, 3.63) is 63.7 Å². The van der Waals surface area contributed by atoms with Gasteiger partial charge in [-0.3, -0.25) is 14.9 Å². The van der Waals surface area contributed by atoms with Crippen LogP contribution in [0.1, 0.15) is 22.8 Å². The lowest BCUT2D eigenvalue weighted by molar-refractivity contribution is -0.384. The smallest absolute Gasteiger partial charge is 0.416 e. The highest BCUT2D eigenvalue weighted by atomic mass is 19.4. The number of amides is 1. The van der Waals surface area contributed by atoms with Crippen LogP contribution >= 0.6 is 0 Å². The van der Waals surface area contributed by atoms with E-state index in [1.807, 2.05) is 0 Å². The van der Waals surface area contributed by atoms with Crippen LogP contribution in [0, 0.1) is 10.1 Å². The van der Waals surface area contributed by atoms with Crippen molar-refractivity contribution < 1.29 is 37.2 Å². The molecule has 0 aliphatic heterocycles. The fourth-order valence-corrected chi connectivity index (χ4v) is 2.26. The third kappa shape index (κ3) is 5.43. The van der Waals surface area contributed by atoms with E-state index in [1.165, 1.54) is 26.2 Å². The third-order valence-corrected chi connectivity index (χ3v) is 3.72. The van der Waals surface area contributed by atoms with Gasteiger partial charge in [0, 0.05) is 17.8 Å². The summed E-state index contributed by atoms with van der Waals surface area (Å²) in [6.45, 7) is 1.20. The zero-order valence-electron chi connectivity index (χ0n) is 15.1. The highest BCUT2D eigenvalue weighted by Crippen LogP contribution is 2.30. The van der Waals surface area contributed by atoms with Gasteiger partial charge in [0.15, 0.2) is 6.10 Å². The van der Waals surface area contributed by atoms with Crippen molar-refractivity contribution in [2.75, 3.05) is 12.4 Å². The SMILES string of the molecule is COc1ccc([N+](=O)[O-])cc1C(=O)O[C@H](C)C(=O)Nc1cccc(C(F)(F)F)c1. The molecule has 2 aromatic carbocycles. The molecule has 0 bridgehead atoms. The number of nitrogens with one attached hydrogen (secondary N) is 1. The molecule has 11 heteroatoms. The Morgan fingerprint density at radius 3 is 2.45 bits per heavy atom. The molecule has 8 nitrogen and oxygen atoms in total. The Balaban J connectivity index is 2.13. The Kier molecular flexibility index (Phi) is 6.42. The van der Waals surface area contributed by atoms with Crippen LogP contribution in [-0.4, -0.2) is 30.0 Å². The van der Waals surface area contributed by atoms with E-state index in [4.69, 9.17) is 9.47 Å².